The second-order valence-electron chi connectivity index (χ2n) is 8.74. The van der Waals surface area contributed by atoms with Gasteiger partial charge >= 0.3 is 5.97 Å². The zero-order valence-electron chi connectivity index (χ0n) is 21.0. The lowest BCUT2D eigenvalue weighted by Gasteiger charge is -2.11. The average molecular weight is 823 g/mol. The molecule has 0 saturated heterocycles. The number of hydrazone groups is 1. The fourth-order valence-corrected chi connectivity index (χ4v) is 6.21. The van der Waals surface area contributed by atoms with Crippen LogP contribution in [0, 0.1) is 13.7 Å². The highest BCUT2D eigenvalue weighted by Crippen LogP contribution is 2.37. The van der Waals surface area contributed by atoms with E-state index in [0.29, 0.717) is 30.7 Å². The van der Waals surface area contributed by atoms with Crippen LogP contribution in [-0.2, 0) is 0 Å². The van der Waals surface area contributed by atoms with Crippen molar-refractivity contribution in [3.63, 3.8) is 0 Å². The number of amides is 1. The van der Waals surface area contributed by atoms with E-state index in [1.54, 1.807) is 18.2 Å². The smallest absolute Gasteiger partial charge is 0.343 e. The van der Waals surface area contributed by atoms with Gasteiger partial charge < -0.3 is 9.72 Å². The van der Waals surface area contributed by atoms with Gasteiger partial charge in [0.2, 0.25) is 0 Å². The number of nitrogens with one attached hydrogen (secondary N) is 2. The van der Waals surface area contributed by atoms with Crippen molar-refractivity contribution in [2.24, 2.45) is 5.10 Å². The van der Waals surface area contributed by atoms with Crippen LogP contribution in [0.4, 0.5) is 5.69 Å². The summed E-state index contributed by atoms with van der Waals surface area (Å²) in [7, 11) is 0. The zero-order valence-corrected chi connectivity index (χ0v) is 27.1. The topological polar surface area (TPSA) is 127 Å². The number of nitro benzene ring substituents is 1. The molecule has 5 aromatic rings. The summed E-state index contributed by atoms with van der Waals surface area (Å²) in [6, 6.07) is 21.4. The maximum atomic E-state index is 13.4. The largest absolute Gasteiger partial charge is 0.421 e. The molecule has 0 radical (unpaired) electrons. The molecule has 0 spiro atoms. The minimum Gasteiger partial charge on any atom is -0.421 e. The minimum atomic E-state index is -0.733. The predicted octanol–water partition coefficient (Wildman–Crippen LogP) is 8.51. The third-order valence-electron chi connectivity index (χ3n) is 6.05. The van der Waals surface area contributed by atoms with Gasteiger partial charge in [-0.05, 0) is 87.1 Å². The summed E-state index contributed by atoms with van der Waals surface area (Å²) in [6.45, 7) is 0. The lowest BCUT2D eigenvalue weighted by molar-refractivity contribution is -0.384. The molecule has 13 heteroatoms. The molecule has 0 aliphatic rings. The number of carbonyl (C=O) groups is 2. The van der Waals surface area contributed by atoms with Crippen molar-refractivity contribution in [3.8, 4) is 16.9 Å². The first-order valence-corrected chi connectivity index (χ1v) is 15.0. The Balaban J connectivity index is 1.43. The molecule has 42 heavy (non-hydrogen) atoms. The van der Waals surface area contributed by atoms with Gasteiger partial charge in [-0.25, -0.2) is 10.2 Å². The van der Waals surface area contributed by atoms with Gasteiger partial charge in [0.15, 0.2) is 5.75 Å². The van der Waals surface area contributed by atoms with Gasteiger partial charge in [0.25, 0.3) is 11.6 Å². The van der Waals surface area contributed by atoms with Crippen LogP contribution in [0.5, 0.6) is 5.75 Å². The highest BCUT2D eigenvalue weighted by molar-refractivity contribution is 14.1. The van der Waals surface area contributed by atoms with E-state index >= 15 is 0 Å². The van der Waals surface area contributed by atoms with E-state index in [4.69, 9.17) is 16.3 Å². The number of esters is 1. The number of aromatic nitrogens is 1. The molecule has 0 aliphatic carbocycles. The van der Waals surface area contributed by atoms with E-state index < -0.39 is 16.8 Å². The van der Waals surface area contributed by atoms with Gasteiger partial charge in [-0.2, -0.15) is 5.10 Å². The first-order valence-electron chi connectivity index (χ1n) is 12.0. The molecular formula is C29H16Br2ClIN4O5. The fraction of sp³-hybridized carbons (Fsp3) is 0. The molecule has 1 heterocycles. The van der Waals surface area contributed by atoms with E-state index in [-0.39, 0.29) is 22.7 Å². The Morgan fingerprint density at radius 2 is 1.79 bits per heavy atom. The van der Waals surface area contributed by atoms with Crippen molar-refractivity contribution >= 4 is 101 Å². The van der Waals surface area contributed by atoms with Crippen LogP contribution >= 0.6 is 66.1 Å². The quantitative estimate of drug-likeness (QED) is 0.0425. The van der Waals surface area contributed by atoms with Gasteiger partial charge in [-0.3, -0.25) is 14.9 Å². The molecule has 0 aliphatic heterocycles. The number of halogens is 4. The molecule has 0 atom stereocenters. The van der Waals surface area contributed by atoms with Crippen LogP contribution in [0.25, 0.3) is 22.0 Å². The van der Waals surface area contributed by atoms with Crippen molar-refractivity contribution in [1.29, 1.82) is 0 Å². The van der Waals surface area contributed by atoms with E-state index in [1.165, 1.54) is 30.5 Å². The van der Waals surface area contributed by atoms with Gasteiger partial charge in [-0.15, -0.1) is 0 Å². The van der Waals surface area contributed by atoms with Crippen molar-refractivity contribution < 1.29 is 19.2 Å². The summed E-state index contributed by atoms with van der Waals surface area (Å²) in [5.41, 5.74) is 5.24. The number of nitro groups is 1. The number of carbonyl (C=O) groups excluding carboxylic acids is 2. The summed E-state index contributed by atoms with van der Waals surface area (Å²) in [5, 5.41) is 16.4. The minimum absolute atomic E-state index is 0.118. The summed E-state index contributed by atoms with van der Waals surface area (Å²) >= 11 is 15.5. The van der Waals surface area contributed by atoms with Crippen molar-refractivity contribution in [2.75, 3.05) is 0 Å². The first kappa shape index (κ1) is 29.9. The monoisotopic (exact) mass is 820 g/mol. The molecule has 0 saturated carbocycles. The van der Waals surface area contributed by atoms with Crippen molar-refractivity contribution in [3.05, 3.63) is 123 Å². The Bertz CT molecular complexity index is 1910. The molecule has 5 rings (SSSR count). The average Bonchev–Trinajstić information content (AvgIpc) is 3.33. The van der Waals surface area contributed by atoms with E-state index in [9.17, 15) is 19.7 Å². The van der Waals surface area contributed by atoms with Gasteiger partial charge in [0.1, 0.15) is 5.69 Å². The highest BCUT2D eigenvalue weighted by Gasteiger charge is 2.21. The number of H-pyrrole nitrogens is 1. The fourth-order valence-electron chi connectivity index (χ4n) is 4.15. The molecule has 210 valence electrons. The molecule has 1 aromatic heterocycles. The summed E-state index contributed by atoms with van der Waals surface area (Å²) in [4.78, 5) is 39.7. The number of benzene rings is 4. The normalized spacial score (nSPS) is 11.1. The van der Waals surface area contributed by atoms with E-state index in [2.05, 4.69) is 70.0 Å². The zero-order chi connectivity index (χ0) is 30.0. The van der Waals surface area contributed by atoms with E-state index in [1.807, 2.05) is 36.4 Å². The molecule has 9 nitrogen and oxygen atoms in total. The maximum absolute atomic E-state index is 13.4. The SMILES string of the molecule is O=C(Oc1c(Br)cc(Br)cc1C=NNC(=O)c1[nH]c2ccc(I)cc2c1-c1ccccc1Cl)c1ccc([N+](=O)[O-])cc1. The Morgan fingerprint density at radius 1 is 1.05 bits per heavy atom. The number of nitrogens with zero attached hydrogens (tertiary/aromatic N) is 2. The van der Waals surface area contributed by atoms with Crippen LogP contribution in [0.2, 0.25) is 5.02 Å². The Labute approximate surface area is 273 Å². The number of aromatic amines is 1. The van der Waals surface area contributed by atoms with Crippen molar-refractivity contribution in [1.82, 2.24) is 10.4 Å². The number of rotatable bonds is 7. The second kappa shape index (κ2) is 12.7. The Hall–Kier alpha value is -3.59. The highest BCUT2D eigenvalue weighted by atomic mass is 127. The second-order valence-corrected chi connectivity index (χ2v) is 12.2. The van der Waals surface area contributed by atoms with E-state index in [0.717, 1.165) is 14.5 Å². The summed E-state index contributed by atoms with van der Waals surface area (Å²) in [5.74, 6) is -1.11. The predicted molar refractivity (Wildman–Crippen MR) is 176 cm³/mol. The number of fused-ring (bicyclic) bond motifs is 1. The third-order valence-corrected chi connectivity index (χ3v) is 8.09. The number of hydrogen-bond acceptors (Lipinski definition) is 6. The molecule has 2 N–H and O–H groups in total. The molecular weight excluding hydrogens is 807 g/mol. The van der Waals surface area contributed by atoms with Crippen LogP contribution < -0.4 is 10.2 Å². The van der Waals surface area contributed by atoms with Crippen LogP contribution in [0.15, 0.2) is 92.9 Å². The Morgan fingerprint density at radius 3 is 2.50 bits per heavy atom. The number of ether oxygens (including phenoxy) is 1. The molecule has 0 bridgehead atoms. The van der Waals surface area contributed by atoms with Gasteiger partial charge in [0.05, 0.1) is 21.2 Å². The van der Waals surface area contributed by atoms with Crippen LogP contribution in [-0.4, -0.2) is 28.0 Å². The standard InChI is InChI=1S/C29H16Br2ClIN4O5/c30-17-11-16(27(22(31)12-17)42-29(39)15-5-8-19(9-6-15)37(40)41)14-34-36-28(38)26-25(20-3-1-2-4-23(20)32)21-13-18(33)7-10-24(21)35-26/h1-14,35H,(H,36,38). The van der Waals surface area contributed by atoms with Gasteiger partial charge in [0, 0.05) is 52.8 Å². The third kappa shape index (κ3) is 6.41. The maximum Gasteiger partial charge on any atom is 0.343 e. The molecule has 4 aromatic carbocycles. The first-order chi connectivity index (χ1) is 20.1. The number of non-ortho nitro benzene ring substituents is 1. The Kier molecular flexibility index (Phi) is 9.06. The van der Waals surface area contributed by atoms with Crippen LogP contribution in [0.3, 0.4) is 0 Å². The molecule has 0 unspecified atom stereocenters. The summed E-state index contributed by atoms with van der Waals surface area (Å²) < 4.78 is 7.69. The number of hydrogen-bond donors (Lipinski definition) is 2. The van der Waals surface area contributed by atoms with Crippen LogP contribution in [0.1, 0.15) is 26.4 Å². The van der Waals surface area contributed by atoms with Gasteiger partial charge in [-0.1, -0.05) is 45.7 Å². The molecule has 1 amide bonds. The lowest BCUT2D eigenvalue weighted by atomic mass is 10.0. The lowest BCUT2D eigenvalue weighted by Crippen LogP contribution is -2.19. The summed E-state index contributed by atoms with van der Waals surface area (Å²) in [6.07, 6.45) is 1.34. The molecule has 0 fully saturated rings. The van der Waals surface area contributed by atoms with Crippen molar-refractivity contribution in [2.45, 2.75) is 0 Å².